The molecule has 0 aliphatic heterocycles. The van der Waals surface area contributed by atoms with Gasteiger partial charge in [-0.15, -0.1) is 0 Å². The lowest BCUT2D eigenvalue weighted by atomic mass is 10.2. The van der Waals surface area contributed by atoms with Crippen LogP contribution in [0.25, 0.3) is 11.3 Å². The summed E-state index contributed by atoms with van der Waals surface area (Å²) < 4.78 is 3.20. The summed E-state index contributed by atoms with van der Waals surface area (Å²) in [6.07, 6.45) is 3.95. The Kier molecular flexibility index (Phi) is 3.17. The van der Waals surface area contributed by atoms with Crippen LogP contribution in [0.1, 0.15) is 0 Å². The summed E-state index contributed by atoms with van der Waals surface area (Å²) in [4.78, 5) is 4.35. The maximum Gasteiger partial charge on any atom is 0.167 e. The summed E-state index contributed by atoms with van der Waals surface area (Å²) >= 11 is 5.09. The van der Waals surface area contributed by atoms with Crippen LogP contribution in [0.15, 0.2) is 40.1 Å². The van der Waals surface area contributed by atoms with E-state index in [0.29, 0.717) is 0 Å². The molecule has 4 heteroatoms. The van der Waals surface area contributed by atoms with Crippen LogP contribution in [0.4, 0.5) is 0 Å². The van der Waals surface area contributed by atoms with Crippen molar-refractivity contribution in [3.63, 3.8) is 0 Å². The molecule has 2 nitrogen and oxygen atoms in total. The maximum absolute atomic E-state index is 4.35. The second-order valence-corrected chi connectivity index (χ2v) is 4.89. The van der Waals surface area contributed by atoms with Crippen LogP contribution in [0, 0.1) is 0 Å². The second kappa shape index (κ2) is 4.41. The van der Waals surface area contributed by atoms with Gasteiger partial charge < -0.3 is 4.57 Å². The van der Waals surface area contributed by atoms with Crippen LogP contribution in [-0.4, -0.2) is 15.8 Å². The standard InChI is InChI=1S/C11H11BrN2S/c1-14-10(7-13-11(14)15-2)8-3-5-9(12)6-4-8/h3-7H,1-2H3. The van der Waals surface area contributed by atoms with E-state index in [1.54, 1.807) is 11.8 Å². The highest BCUT2D eigenvalue weighted by molar-refractivity contribution is 9.10. The van der Waals surface area contributed by atoms with E-state index in [1.807, 2.05) is 31.6 Å². The highest BCUT2D eigenvalue weighted by Crippen LogP contribution is 2.24. The molecule has 0 amide bonds. The number of thioether (sulfide) groups is 1. The van der Waals surface area contributed by atoms with Crippen LogP contribution in [0.3, 0.4) is 0 Å². The molecule has 2 aromatic rings. The average Bonchev–Trinajstić information content (AvgIpc) is 2.61. The zero-order valence-corrected chi connectivity index (χ0v) is 11.0. The number of rotatable bonds is 2. The number of hydrogen-bond donors (Lipinski definition) is 0. The fourth-order valence-corrected chi connectivity index (χ4v) is 2.27. The molecule has 2 rings (SSSR count). The van der Waals surface area contributed by atoms with Gasteiger partial charge in [-0.2, -0.15) is 0 Å². The first-order valence-corrected chi connectivity index (χ1v) is 6.56. The lowest BCUT2D eigenvalue weighted by Crippen LogP contribution is -1.93. The fraction of sp³-hybridized carbons (Fsp3) is 0.182. The van der Waals surface area contributed by atoms with Gasteiger partial charge in [0, 0.05) is 11.5 Å². The van der Waals surface area contributed by atoms with E-state index < -0.39 is 0 Å². The first-order chi connectivity index (χ1) is 7.22. The van der Waals surface area contributed by atoms with Gasteiger partial charge >= 0.3 is 0 Å². The molecule has 78 valence electrons. The minimum absolute atomic E-state index is 1.04. The second-order valence-electron chi connectivity index (χ2n) is 3.20. The lowest BCUT2D eigenvalue weighted by molar-refractivity contribution is 0.798. The van der Waals surface area contributed by atoms with Gasteiger partial charge in [-0.1, -0.05) is 39.8 Å². The van der Waals surface area contributed by atoms with Gasteiger partial charge in [0.2, 0.25) is 0 Å². The van der Waals surface area contributed by atoms with Gasteiger partial charge in [0.25, 0.3) is 0 Å². The summed E-state index contributed by atoms with van der Waals surface area (Å²) in [6.45, 7) is 0. The Morgan fingerprint density at radius 3 is 2.47 bits per heavy atom. The quantitative estimate of drug-likeness (QED) is 0.784. The summed E-state index contributed by atoms with van der Waals surface area (Å²) in [7, 11) is 2.04. The number of nitrogens with zero attached hydrogens (tertiary/aromatic N) is 2. The monoisotopic (exact) mass is 282 g/mol. The van der Waals surface area contributed by atoms with E-state index in [0.717, 1.165) is 15.3 Å². The third kappa shape index (κ3) is 2.11. The van der Waals surface area contributed by atoms with Crippen LogP contribution in [-0.2, 0) is 7.05 Å². The first kappa shape index (κ1) is 10.8. The van der Waals surface area contributed by atoms with Gasteiger partial charge in [0.05, 0.1) is 11.9 Å². The Morgan fingerprint density at radius 2 is 1.93 bits per heavy atom. The molecule has 0 fully saturated rings. The molecule has 0 unspecified atom stereocenters. The van der Waals surface area contributed by atoms with Crippen molar-refractivity contribution in [3.05, 3.63) is 34.9 Å². The number of halogens is 1. The Balaban J connectivity index is 2.45. The molecule has 15 heavy (non-hydrogen) atoms. The van der Waals surface area contributed by atoms with Crippen molar-refractivity contribution in [3.8, 4) is 11.3 Å². The van der Waals surface area contributed by atoms with Crippen molar-refractivity contribution in [2.45, 2.75) is 5.16 Å². The summed E-state index contributed by atoms with van der Waals surface area (Å²) in [5, 5.41) is 1.04. The first-order valence-electron chi connectivity index (χ1n) is 4.54. The van der Waals surface area contributed by atoms with Crippen LogP contribution in [0.2, 0.25) is 0 Å². The van der Waals surface area contributed by atoms with Gasteiger partial charge in [0.1, 0.15) is 0 Å². The smallest absolute Gasteiger partial charge is 0.167 e. The van der Waals surface area contributed by atoms with E-state index >= 15 is 0 Å². The molecule has 1 aromatic heterocycles. The molecular formula is C11H11BrN2S. The Labute approximate surface area is 102 Å². The molecule has 0 aliphatic rings. The van der Waals surface area contributed by atoms with Gasteiger partial charge in [-0.25, -0.2) is 4.98 Å². The molecule has 0 spiro atoms. The highest BCUT2D eigenvalue weighted by atomic mass is 79.9. The maximum atomic E-state index is 4.35. The normalized spacial score (nSPS) is 10.6. The third-order valence-corrected chi connectivity index (χ3v) is 3.54. The van der Waals surface area contributed by atoms with E-state index in [1.165, 1.54) is 5.56 Å². The van der Waals surface area contributed by atoms with Gasteiger partial charge in [0.15, 0.2) is 5.16 Å². The van der Waals surface area contributed by atoms with Crippen molar-refractivity contribution in [2.24, 2.45) is 7.05 Å². The minimum atomic E-state index is 1.04. The summed E-state index contributed by atoms with van der Waals surface area (Å²) in [5.41, 5.74) is 2.33. The molecule has 0 bridgehead atoms. The number of aromatic nitrogens is 2. The van der Waals surface area contributed by atoms with Crippen LogP contribution < -0.4 is 0 Å². The molecular weight excluding hydrogens is 272 g/mol. The van der Waals surface area contributed by atoms with Crippen molar-refractivity contribution in [2.75, 3.05) is 6.26 Å². The largest absolute Gasteiger partial charge is 0.322 e. The molecule has 1 aromatic carbocycles. The molecule has 0 saturated carbocycles. The van der Waals surface area contributed by atoms with Crippen molar-refractivity contribution in [1.82, 2.24) is 9.55 Å². The molecule has 1 heterocycles. The molecule has 0 N–H and O–H groups in total. The topological polar surface area (TPSA) is 17.8 Å². The van der Waals surface area contributed by atoms with E-state index in [2.05, 4.69) is 37.6 Å². The van der Waals surface area contributed by atoms with E-state index in [-0.39, 0.29) is 0 Å². The summed E-state index contributed by atoms with van der Waals surface area (Å²) in [5.74, 6) is 0. The minimum Gasteiger partial charge on any atom is -0.322 e. The van der Waals surface area contributed by atoms with Crippen molar-refractivity contribution in [1.29, 1.82) is 0 Å². The molecule has 0 radical (unpaired) electrons. The Bertz CT molecular complexity index is 462. The number of benzene rings is 1. The highest BCUT2D eigenvalue weighted by Gasteiger charge is 2.06. The van der Waals surface area contributed by atoms with Gasteiger partial charge in [-0.05, 0) is 24.0 Å². The fourth-order valence-electron chi connectivity index (χ4n) is 1.47. The SMILES string of the molecule is CSc1ncc(-c2ccc(Br)cc2)n1C. The zero-order valence-electron chi connectivity index (χ0n) is 8.57. The Morgan fingerprint density at radius 1 is 1.27 bits per heavy atom. The van der Waals surface area contributed by atoms with Crippen molar-refractivity contribution >= 4 is 27.7 Å². The molecule has 0 aliphatic carbocycles. The van der Waals surface area contributed by atoms with Gasteiger partial charge in [-0.3, -0.25) is 0 Å². The van der Waals surface area contributed by atoms with Crippen LogP contribution >= 0.6 is 27.7 Å². The van der Waals surface area contributed by atoms with E-state index in [9.17, 15) is 0 Å². The molecule has 0 saturated heterocycles. The predicted molar refractivity (Wildman–Crippen MR) is 68.1 cm³/mol. The average molecular weight is 283 g/mol. The molecule has 0 atom stereocenters. The summed E-state index contributed by atoms with van der Waals surface area (Å²) in [6, 6.07) is 8.26. The van der Waals surface area contributed by atoms with Crippen LogP contribution in [0.5, 0.6) is 0 Å². The number of imidazole rings is 1. The number of hydrogen-bond acceptors (Lipinski definition) is 2. The van der Waals surface area contributed by atoms with E-state index in [4.69, 9.17) is 0 Å². The zero-order chi connectivity index (χ0) is 10.8. The lowest BCUT2D eigenvalue weighted by Gasteiger charge is -2.04. The predicted octanol–water partition coefficient (Wildman–Crippen LogP) is 3.57. The Hall–Kier alpha value is -0.740. The van der Waals surface area contributed by atoms with Crippen molar-refractivity contribution < 1.29 is 0 Å². The third-order valence-electron chi connectivity index (χ3n) is 2.27.